The van der Waals surface area contributed by atoms with Gasteiger partial charge in [-0.1, -0.05) is 60.7 Å². The minimum absolute atomic E-state index is 0.0491. The zero-order chi connectivity index (χ0) is 27.3. The summed E-state index contributed by atoms with van der Waals surface area (Å²) in [5, 5.41) is 24.9. The van der Waals surface area contributed by atoms with Gasteiger partial charge in [0.05, 0.1) is 24.3 Å². The van der Waals surface area contributed by atoms with Gasteiger partial charge in [0.1, 0.15) is 12.1 Å². The molecular formula is C28H29N5O5. The number of hydrogen-bond acceptors (Lipinski definition) is 6. The number of carboxylic acid groups (broad SMARTS) is 1. The molecule has 0 heterocycles. The fraction of sp³-hybridized carbons (Fsp3) is 0.214. The molecule has 4 N–H and O–H groups in total. The van der Waals surface area contributed by atoms with E-state index in [0.29, 0.717) is 5.69 Å². The molecule has 3 aromatic rings. The largest absolute Gasteiger partial charge is 0.480 e. The van der Waals surface area contributed by atoms with Crippen molar-refractivity contribution in [2.24, 2.45) is 10.2 Å². The van der Waals surface area contributed by atoms with Gasteiger partial charge in [-0.15, -0.1) is 0 Å². The van der Waals surface area contributed by atoms with E-state index in [1.165, 1.54) is 6.92 Å². The summed E-state index contributed by atoms with van der Waals surface area (Å²) in [5.41, 5.74) is 2.88. The number of hydrogen-bond donors (Lipinski definition) is 4. The highest BCUT2D eigenvalue weighted by Crippen LogP contribution is 2.18. The highest BCUT2D eigenvalue weighted by molar-refractivity contribution is 5.92. The first-order chi connectivity index (χ1) is 18.3. The maximum Gasteiger partial charge on any atom is 0.325 e. The molecule has 0 aliphatic rings. The van der Waals surface area contributed by atoms with Crippen LogP contribution in [0.15, 0.2) is 95.2 Å². The number of rotatable bonds is 12. The molecule has 0 aliphatic heterocycles. The van der Waals surface area contributed by atoms with Crippen molar-refractivity contribution in [2.75, 3.05) is 6.54 Å². The SMILES string of the molecule is C[C@H](NC(=O)[C@H](Cc1ccccc1)NC(=O)CNC(=O)Cc1ccc(N=Nc2ccccc2)cc1)C(=O)O. The van der Waals surface area contributed by atoms with Crippen LogP contribution < -0.4 is 16.0 Å². The molecule has 0 unspecified atom stereocenters. The zero-order valence-corrected chi connectivity index (χ0v) is 20.8. The molecule has 0 aromatic heterocycles. The Hall–Kier alpha value is -4.86. The van der Waals surface area contributed by atoms with E-state index in [-0.39, 0.29) is 25.3 Å². The first kappa shape index (κ1) is 27.7. The lowest BCUT2D eigenvalue weighted by Gasteiger charge is -2.20. The molecule has 3 rings (SSSR count). The van der Waals surface area contributed by atoms with Crippen molar-refractivity contribution in [3.8, 4) is 0 Å². The fourth-order valence-corrected chi connectivity index (χ4v) is 3.40. The van der Waals surface area contributed by atoms with E-state index < -0.39 is 29.9 Å². The molecule has 0 aliphatic carbocycles. The second-order valence-electron chi connectivity index (χ2n) is 8.53. The number of azo groups is 1. The quantitative estimate of drug-likeness (QED) is 0.274. The Kier molecular flexibility index (Phi) is 10.2. The molecule has 0 saturated heterocycles. The van der Waals surface area contributed by atoms with Crippen LogP contribution in [0.5, 0.6) is 0 Å². The van der Waals surface area contributed by atoms with Gasteiger partial charge in [0.25, 0.3) is 0 Å². The number of amides is 3. The van der Waals surface area contributed by atoms with Gasteiger partial charge in [0.2, 0.25) is 17.7 Å². The maximum absolute atomic E-state index is 12.6. The number of nitrogens with zero attached hydrogens (tertiary/aromatic N) is 2. The average Bonchev–Trinajstić information content (AvgIpc) is 2.92. The van der Waals surface area contributed by atoms with Crippen LogP contribution in [0.2, 0.25) is 0 Å². The lowest BCUT2D eigenvalue weighted by molar-refractivity contribution is -0.141. The van der Waals surface area contributed by atoms with Crippen molar-refractivity contribution in [3.05, 3.63) is 96.1 Å². The number of aliphatic carboxylic acids is 1. The second kappa shape index (κ2) is 14.0. The normalized spacial score (nSPS) is 12.3. The van der Waals surface area contributed by atoms with Crippen molar-refractivity contribution >= 4 is 35.1 Å². The summed E-state index contributed by atoms with van der Waals surface area (Å²) < 4.78 is 0. The van der Waals surface area contributed by atoms with Gasteiger partial charge < -0.3 is 21.1 Å². The number of benzene rings is 3. The predicted octanol–water partition coefficient (Wildman–Crippen LogP) is 3.08. The molecular weight excluding hydrogens is 486 g/mol. The Balaban J connectivity index is 1.51. The van der Waals surface area contributed by atoms with Gasteiger partial charge in [0, 0.05) is 6.42 Å². The third-order valence-corrected chi connectivity index (χ3v) is 5.45. The average molecular weight is 516 g/mol. The first-order valence-electron chi connectivity index (χ1n) is 12.0. The maximum atomic E-state index is 12.6. The minimum atomic E-state index is -1.19. The van der Waals surface area contributed by atoms with E-state index in [1.807, 2.05) is 36.4 Å². The zero-order valence-electron chi connectivity index (χ0n) is 20.8. The van der Waals surface area contributed by atoms with E-state index in [1.54, 1.807) is 48.5 Å². The summed E-state index contributed by atoms with van der Waals surface area (Å²) in [7, 11) is 0. The van der Waals surface area contributed by atoms with E-state index in [4.69, 9.17) is 5.11 Å². The molecule has 10 heteroatoms. The molecule has 10 nitrogen and oxygen atoms in total. The van der Waals surface area contributed by atoms with E-state index in [2.05, 4.69) is 26.2 Å². The first-order valence-corrected chi connectivity index (χ1v) is 12.0. The summed E-state index contributed by atoms with van der Waals surface area (Å²) in [6, 6.07) is 23.2. The highest BCUT2D eigenvalue weighted by atomic mass is 16.4. The smallest absolute Gasteiger partial charge is 0.325 e. The lowest BCUT2D eigenvalue weighted by atomic mass is 10.0. The minimum Gasteiger partial charge on any atom is -0.480 e. The fourth-order valence-electron chi connectivity index (χ4n) is 3.40. The Morgan fingerprint density at radius 3 is 1.92 bits per heavy atom. The topological polar surface area (TPSA) is 149 Å². The summed E-state index contributed by atoms with van der Waals surface area (Å²) in [6.45, 7) is 0.996. The van der Waals surface area contributed by atoms with Crippen LogP contribution in [-0.2, 0) is 32.0 Å². The molecule has 3 amide bonds. The van der Waals surface area contributed by atoms with Crippen LogP contribution >= 0.6 is 0 Å². The van der Waals surface area contributed by atoms with Crippen LogP contribution in [-0.4, -0.2) is 47.4 Å². The van der Waals surface area contributed by atoms with Crippen molar-refractivity contribution in [2.45, 2.75) is 31.8 Å². The molecule has 196 valence electrons. The summed E-state index contributed by atoms with van der Waals surface area (Å²) in [5.74, 6) is -2.77. The summed E-state index contributed by atoms with van der Waals surface area (Å²) in [4.78, 5) is 48.6. The van der Waals surface area contributed by atoms with Gasteiger partial charge in [-0.25, -0.2) is 0 Å². The molecule has 38 heavy (non-hydrogen) atoms. The van der Waals surface area contributed by atoms with Gasteiger partial charge in [-0.05, 0) is 42.3 Å². The predicted molar refractivity (Wildman–Crippen MR) is 141 cm³/mol. The molecule has 0 radical (unpaired) electrons. The van der Waals surface area contributed by atoms with Crippen molar-refractivity contribution in [3.63, 3.8) is 0 Å². The Labute approximate surface area is 220 Å². The van der Waals surface area contributed by atoms with Crippen LogP contribution in [0.1, 0.15) is 18.1 Å². The Morgan fingerprint density at radius 2 is 1.32 bits per heavy atom. The summed E-state index contributed by atoms with van der Waals surface area (Å²) in [6.07, 6.45) is 0.208. The number of nitrogens with one attached hydrogen (secondary N) is 3. The molecule has 2 atom stereocenters. The molecule has 0 bridgehead atoms. The molecule has 3 aromatic carbocycles. The molecule has 0 spiro atoms. The van der Waals surface area contributed by atoms with E-state index >= 15 is 0 Å². The molecule has 0 saturated carbocycles. The van der Waals surface area contributed by atoms with Crippen LogP contribution in [0.4, 0.5) is 11.4 Å². The Bertz CT molecular complexity index is 1260. The summed E-state index contributed by atoms with van der Waals surface area (Å²) >= 11 is 0. The van der Waals surface area contributed by atoms with Gasteiger partial charge in [0.15, 0.2) is 0 Å². The monoisotopic (exact) mass is 515 g/mol. The van der Waals surface area contributed by atoms with Gasteiger partial charge in [-0.3, -0.25) is 19.2 Å². The van der Waals surface area contributed by atoms with Gasteiger partial charge in [-0.2, -0.15) is 10.2 Å². The standard InChI is InChI=1S/C28H29N5O5/c1-19(28(37)38)30-27(36)24(16-20-8-4-2-5-9-20)31-26(35)18-29-25(34)17-21-12-14-23(15-13-21)33-32-22-10-6-3-7-11-22/h2-15,19,24H,16-18H2,1H3,(H,29,34)(H,30,36)(H,31,35)(H,37,38)/t19-,24-/m0/s1. The third kappa shape index (κ3) is 9.30. The van der Waals surface area contributed by atoms with Crippen molar-refractivity contribution < 1.29 is 24.3 Å². The Morgan fingerprint density at radius 1 is 0.737 bits per heavy atom. The van der Waals surface area contributed by atoms with Gasteiger partial charge >= 0.3 is 5.97 Å². The second-order valence-corrected chi connectivity index (χ2v) is 8.53. The molecule has 0 fully saturated rings. The van der Waals surface area contributed by atoms with Crippen molar-refractivity contribution in [1.82, 2.24) is 16.0 Å². The van der Waals surface area contributed by atoms with Crippen molar-refractivity contribution in [1.29, 1.82) is 0 Å². The lowest BCUT2D eigenvalue weighted by Crippen LogP contribution is -2.53. The number of carboxylic acids is 1. The van der Waals surface area contributed by atoms with E-state index in [9.17, 15) is 19.2 Å². The number of carbonyl (C=O) groups excluding carboxylic acids is 3. The van der Waals surface area contributed by atoms with Crippen LogP contribution in [0, 0.1) is 0 Å². The van der Waals surface area contributed by atoms with E-state index in [0.717, 1.165) is 16.8 Å². The third-order valence-electron chi connectivity index (χ3n) is 5.45. The van der Waals surface area contributed by atoms with Crippen LogP contribution in [0.25, 0.3) is 0 Å². The highest BCUT2D eigenvalue weighted by Gasteiger charge is 2.24. The number of carbonyl (C=O) groups is 4. The van der Waals surface area contributed by atoms with Crippen LogP contribution in [0.3, 0.4) is 0 Å².